The molecule has 1 aliphatic carbocycles. The van der Waals surface area contributed by atoms with Crippen molar-refractivity contribution in [1.82, 2.24) is 0 Å². The van der Waals surface area contributed by atoms with Gasteiger partial charge in [-0.25, -0.2) is 0 Å². The fourth-order valence-corrected chi connectivity index (χ4v) is 2.07. The summed E-state index contributed by atoms with van der Waals surface area (Å²) in [6.45, 7) is 2.32. The van der Waals surface area contributed by atoms with E-state index in [1.165, 1.54) is 0 Å². The minimum absolute atomic E-state index is 0.114. The highest BCUT2D eigenvalue weighted by Crippen LogP contribution is 2.31. The quantitative estimate of drug-likeness (QED) is 0.587. The first-order chi connectivity index (χ1) is 8.21. The number of carbonyl (C=O) groups is 1. The number of allylic oxidation sites excluding steroid dienone is 1. The van der Waals surface area contributed by atoms with Gasteiger partial charge in [0.05, 0.1) is 5.41 Å². The Morgan fingerprint density at radius 3 is 2.76 bits per heavy atom. The first-order valence-corrected chi connectivity index (χ1v) is 6.09. The molecule has 2 heteroatoms. The van der Waals surface area contributed by atoms with Crippen molar-refractivity contribution in [3.63, 3.8) is 0 Å². The molecule has 0 saturated carbocycles. The Morgan fingerprint density at radius 2 is 2.12 bits per heavy atom. The summed E-state index contributed by atoms with van der Waals surface area (Å²) in [5.74, 6) is -0.114. The molecule has 17 heavy (non-hydrogen) atoms. The highest BCUT2D eigenvalue weighted by atomic mass is 16.5. The number of carbonyl (C=O) groups excluding carboxylic acids is 1. The lowest BCUT2D eigenvalue weighted by Crippen LogP contribution is -2.29. The molecule has 0 spiro atoms. The molecular weight excluding hydrogens is 212 g/mol. The van der Waals surface area contributed by atoms with Crippen LogP contribution in [0.2, 0.25) is 0 Å². The Bertz CT molecular complexity index is 408. The van der Waals surface area contributed by atoms with Crippen LogP contribution in [0.25, 0.3) is 0 Å². The monoisotopic (exact) mass is 230 g/mol. The van der Waals surface area contributed by atoms with Crippen molar-refractivity contribution in [2.75, 3.05) is 0 Å². The number of benzene rings is 1. The number of rotatable bonds is 3. The van der Waals surface area contributed by atoms with Crippen LogP contribution in [0.5, 0.6) is 0 Å². The molecule has 1 unspecified atom stereocenters. The van der Waals surface area contributed by atoms with Crippen molar-refractivity contribution in [1.29, 1.82) is 0 Å². The minimum atomic E-state index is -0.424. The van der Waals surface area contributed by atoms with E-state index in [1.54, 1.807) is 0 Å². The smallest absolute Gasteiger partial charge is 0.315 e. The van der Waals surface area contributed by atoms with Gasteiger partial charge < -0.3 is 4.74 Å². The average molecular weight is 230 g/mol. The second-order valence-corrected chi connectivity index (χ2v) is 4.77. The van der Waals surface area contributed by atoms with Crippen LogP contribution in [0.3, 0.4) is 0 Å². The fraction of sp³-hybridized carbons (Fsp3) is 0.400. The number of hydrogen-bond donors (Lipinski definition) is 0. The molecule has 0 heterocycles. The summed E-state index contributed by atoms with van der Waals surface area (Å²) >= 11 is 0. The first-order valence-electron chi connectivity index (χ1n) is 6.09. The van der Waals surface area contributed by atoms with Crippen molar-refractivity contribution in [2.24, 2.45) is 5.41 Å². The predicted octanol–water partition coefficient (Wildman–Crippen LogP) is 3.48. The van der Waals surface area contributed by atoms with Crippen LogP contribution in [-0.2, 0) is 16.1 Å². The van der Waals surface area contributed by atoms with E-state index in [0.29, 0.717) is 6.61 Å². The van der Waals surface area contributed by atoms with E-state index in [2.05, 4.69) is 6.08 Å². The Hall–Kier alpha value is -1.57. The lowest BCUT2D eigenvalue weighted by atomic mass is 9.81. The molecule has 90 valence electrons. The molecule has 0 aromatic heterocycles. The molecule has 2 rings (SSSR count). The van der Waals surface area contributed by atoms with E-state index in [9.17, 15) is 4.79 Å². The molecule has 2 nitrogen and oxygen atoms in total. The van der Waals surface area contributed by atoms with Crippen LogP contribution in [0.1, 0.15) is 31.7 Å². The van der Waals surface area contributed by atoms with Crippen LogP contribution >= 0.6 is 0 Å². The van der Waals surface area contributed by atoms with Crippen LogP contribution in [0.4, 0.5) is 0 Å². The SMILES string of the molecule is CC1(C(=O)OCc2ccccc2)C=CCCC1. The normalized spacial score (nSPS) is 23.4. The van der Waals surface area contributed by atoms with Crippen LogP contribution in [0.15, 0.2) is 42.5 Å². The van der Waals surface area contributed by atoms with E-state index < -0.39 is 5.41 Å². The lowest BCUT2D eigenvalue weighted by molar-refractivity contribution is -0.154. The van der Waals surface area contributed by atoms with Crippen molar-refractivity contribution < 1.29 is 9.53 Å². The molecule has 0 aliphatic heterocycles. The minimum Gasteiger partial charge on any atom is -0.460 e. The molecule has 0 saturated heterocycles. The maximum Gasteiger partial charge on any atom is 0.315 e. The van der Waals surface area contributed by atoms with Gasteiger partial charge >= 0.3 is 5.97 Å². The Balaban J connectivity index is 1.93. The van der Waals surface area contributed by atoms with Gasteiger partial charge in [-0.1, -0.05) is 42.5 Å². The largest absolute Gasteiger partial charge is 0.460 e. The molecule has 0 amide bonds. The van der Waals surface area contributed by atoms with Crippen LogP contribution < -0.4 is 0 Å². The Labute approximate surface area is 102 Å². The topological polar surface area (TPSA) is 26.3 Å². The molecule has 0 fully saturated rings. The van der Waals surface area contributed by atoms with Gasteiger partial charge in [0.1, 0.15) is 6.61 Å². The molecule has 0 radical (unpaired) electrons. The van der Waals surface area contributed by atoms with Gasteiger partial charge in [-0.3, -0.25) is 4.79 Å². The van der Waals surface area contributed by atoms with E-state index in [1.807, 2.05) is 43.3 Å². The standard InChI is InChI=1S/C15H18O2/c1-15(10-6-3-7-11-15)14(16)17-12-13-8-4-2-5-9-13/h2,4-6,8-10H,3,7,11-12H2,1H3. The summed E-state index contributed by atoms with van der Waals surface area (Å²) in [4.78, 5) is 12.0. The van der Waals surface area contributed by atoms with Gasteiger partial charge in [-0.15, -0.1) is 0 Å². The third-order valence-corrected chi connectivity index (χ3v) is 3.23. The second kappa shape index (κ2) is 5.17. The fourth-order valence-electron chi connectivity index (χ4n) is 2.07. The summed E-state index contributed by atoms with van der Waals surface area (Å²) in [5, 5.41) is 0. The van der Waals surface area contributed by atoms with Crippen LogP contribution in [0, 0.1) is 5.41 Å². The summed E-state index contributed by atoms with van der Waals surface area (Å²) in [5.41, 5.74) is 0.608. The first kappa shape index (κ1) is 11.9. The molecular formula is C15H18O2. The van der Waals surface area contributed by atoms with E-state index in [-0.39, 0.29) is 5.97 Å². The van der Waals surface area contributed by atoms with E-state index >= 15 is 0 Å². The third-order valence-electron chi connectivity index (χ3n) is 3.23. The Morgan fingerprint density at radius 1 is 1.35 bits per heavy atom. The van der Waals surface area contributed by atoms with Gasteiger partial charge in [0, 0.05) is 0 Å². The van der Waals surface area contributed by atoms with Crippen molar-refractivity contribution in [2.45, 2.75) is 32.8 Å². The van der Waals surface area contributed by atoms with Crippen molar-refractivity contribution >= 4 is 5.97 Å². The van der Waals surface area contributed by atoms with Gasteiger partial charge in [0.2, 0.25) is 0 Å². The van der Waals surface area contributed by atoms with E-state index in [0.717, 1.165) is 24.8 Å². The Kier molecular flexibility index (Phi) is 3.62. The number of esters is 1. The maximum atomic E-state index is 12.0. The molecule has 1 aromatic carbocycles. The van der Waals surface area contributed by atoms with Gasteiger partial charge in [0.25, 0.3) is 0 Å². The zero-order chi connectivity index (χ0) is 12.1. The van der Waals surface area contributed by atoms with Gasteiger partial charge in [-0.2, -0.15) is 0 Å². The zero-order valence-corrected chi connectivity index (χ0v) is 10.2. The van der Waals surface area contributed by atoms with Gasteiger partial charge in [-0.05, 0) is 31.7 Å². The van der Waals surface area contributed by atoms with E-state index in [4.69, 9.17) is 4.74 Å². The zero-order valence-electron chi connectivity index (χ0n) is 10.2. The number of hydrogen-bond acceptors (Lipinski definition) is 2. The molecule has 1 aliphatic rings. The molecule has 0 N–H and O–H groups in total. The molecule has 1 aromatic rings. The predicted molar refractivity (Wildman–Crippen MR) is 67.3 cm³/mol. The van der Waals surface area contributed by atoms with Crippen LogP contribution in [-0.4, -0.2) is 5.97 Å². The van der Waals surface area contributed by atoms with Gasteiger partial charge in [0.15, 0.2) is 0 Å². The summed E-state index contributed by atoms with van der Waals surface area (Å²) in [6.07, 6.45) is 7.09. The summed E-state index contributed by atoms with van der Waals surface area (Å²) in [7, 11) is 0. The molecule has 0 bridgehead atoms. The lowest BCUT2D eigenvalue weighted by Gasteiger charge is -2.26. The third kappa shape index (κ3) is 2.96. The maximum absolute atomic E-state index is 12.0. The molecule has 1 atom stereocenters. The summed E-state index contributed by atoms with van der Waals surface area (Å²) < 4.78 is 5.38. The average Bonchev–Trinajstić information content (AvgIpc) is 2.38. The highest BCUT2D eigenvalue weighted by Gasteiger charge is 2.32. The van der Waals surface area contributed by atoms with Crippen molar-refractivity contribution in [3.05, 3.63) is 48.0 Å². The van der Waals surface area contributed by atoms with Crippen molar-refractivity contribution in [3.8, 4) is 0 Å². The number of ether oxygens (including phenoxy) is 1. The summed E-state index contributed by atoms with van der Waals surface area (Å²) in [6, 6.07) is 9.78. The highest BCUT2D eigenvalue weighted by molar-refractivity contribution is 5.78. The second-order valence-electron chi connectivity index (χ2n) is 4.77.